The maximum atomic E-state index is 5.88. The van der Waals surface area contributed by atoms with Crippen LogP contribution in [0.15, 0.2) is 0 Å². The van der Waals surface area contributed by atoms with Crippen LogP contribution in [-0.2, 0) is 9.47 Å². The van der Waals surface area contributed by atoms with E-state index in [9.17, 15) is 0 Å². The molecule has 2 unspecified atom stereocenters. The molecular formula is C9H19NO2. The van der Waals surface area contributed by atoms with Gasteiger partial charge >= 0.3 is 0 Å². The van der Waals surface area contributed by atoms with Gasteiger partial charge in [0.1, 0.15) is 5.60 Å². The van der Waals surface area contributed by atoms with Crippen molar-refractivity contribution in [3.8, 4) is 0 Å². The Morgan fingerprint density at radius 1 is 1.58 bits per heavy atom. The smallest absolute Gasteiger partial charge is 0.106 e. The Bertz CT molecular complexity index is 125. The minimum Gasteiger partial charge on any atom is -0.382 e. The molecular weight excluding hydrogens is 154 g/mol. The molecule has 0 saturated carbocycles. The molecule has 1 fully saturated rings. The first kappa shape index (κ1) is 9.96. The fraction of sp³-hybridized carbons (Fsp3) is 1.00. The fourth-order valence-electron chi connectivity index (χ4n) is 1.72. The lowest BCUT2D eigenvalue weighted by atomic mass is 9.88. The summed E-state index contributed by atoms with van der Waals surface area (Å²) in [5.74, 6) is 0. The highest BCUT2D eigenvalue weighted by atomic mass is 16.5. The predicted molar refractivity (Wildman–Crippen MR) is 48.1 cm³/mol. The molecule has 0 bridgehead atoms. The summed E-state index contributed by atoms with van der Waals surface area (Å²) >= 11 is 0. The van der Waals surface area contributed by atoms with Crippen molar-refractivity contribution in [1.29, 1.82) is 0 Å². The Balaban J connectivity index is 2.56. The van der Waals surface area contributed by atoms with Gasteiger partial charge in [0.15, 0.2) is 0 Å². The van der Waals surface area contributed by atoms with Gasteiger partial charge < -0.3 is 15.2 Å². The number of nitrogens with two attached hydrogens (primary N) is 1. The van der Waals surface area contributed by atoms with E-state index in [2.05, 4.69) is 0 Å². The molecule has 3 nitrogen and oxygen atoms in total. The van der Waals surface area contributed by atoms with E-state index in [0.29, 0.717) is 6.61 Å². The van der Waals surface area contributed by atoms with Crippen LogP contribution in [0.1, 0.15) is 26.2 Å². The van der Waals surface area contributed by atoms with Gasteiger partial charge in [-0.05, 0) is 26.2 Å². The third kappa shape index (κ3) is 1.97. The van der Waals surface area contributed by atoms with E-state index in [0.717, 1.165) is 19.4 Å². The quantitative estimate of drug-likeness (QED) is 0.690. The van der Waals surface area contributed by atoms with Crippen molar-refractivity contribution in [3.63, 3.8) is 0 Å². The Morgan fingerprint density at radius 3 is 2.75 bits per heavy atom. The predicted octanol–water partition coefficient (Wildman–Crippen LogP) is 0.919. The van der Waals surface area contributed by atoms with E-state index in [1.165, 1.54) is 6.42 Å². The van der Waals surface area contributed by atoms with Gasteiger partial charge in [0.05, 0.1) is 6.61 Å². The van der Waals surface area contributed by atoms with Crippen molar-refractivity contribution in [2.24, 2.45) is 5.73 Å². The van der Waals surface area contributed by atoms with Crippen LogP contribution in [0.25, 0.3) is 0 Å². The summed E-state index contributed by atoms with van der Waals surface area (Å²) in [5, 5.41) is 0. The van der Waals surface area contributed by atoms with Crippen molar-refractivity contribution in [1.82, 2.24) is 0 Å². The third-order valence-corrected chi connectivity index (χ3v) is 2.60. The molecule has 0 aromatic rings. The van der Waals surface area contributed by atoms with Gasteiger partial charge in [-0.3, -0.25) is 0 Å². The van der Waals surface area contributed by atoms with Crippen LogP contribution >= 0.6 is 0 Å². The summed E-state index contributed by atoms with van der Waals surface area (Å²) in [6.45, 7) is 3.43. The molecule has 0 amide bonds. The van der Waals surface area contributed by atoms with Crippen LogP contribution in [-0.4, -0.2) is 32.0 Å². The lowest BCUT2D eigenvalue weighted by Gasteiger charge is -2.39. The number of rotatable bonds is 3. The Kier molecular flexibility index (Phi) is 3.50. The molecule has 3 heteroatoms. The summed E-state index contributed by atoms with van der Waals surface area (Å²) in [6, 6.07) is 0.0535. The fourth-order valence-corrected chi connectivity index (χ4v) is 1.72. The Morgan fingerprint density at radius 2 is 2.33 bits per heavy atom. The lowest BCUT2D eigenvalue weighted by molar-refractivity contribution is -0.126. The van der Waals surface area contributed by atoms with Crippen LogP contribution in [0.3, 0.4) is 0 Å². The molecule has 1 saturated heterocycles. The van der Waals surface area contributed by atoms with Crippen LogP contribution in [0.5, 0.6) is 0 Å². The van der Waals surface area contributed by atoms with E-state index < -0.39 is 0 Å². The number of hydrogen-bond donors (Lipinski definition) is 1. The highest BCUT2D eigenvalue weighted by Crippen LogP contribution is 2.27. The second kappa shape index (κ2) is 4.21. The first-order valence-corrected chi connectivity index (χ1v) is 4.60. The van der Waals surface area contributed by atoms with Crippen molar-refractivity contribution < 1.29 is 9.47 Å². The molecule has 0 radical (unpaired) electrons. The number of hydrogen-bond acceptors (Lipinski definition) is 3. The van der Waals surface area contributed by atoms with Gasteiger partial charge in [-0.15, -0.1) is 0 Å². The molecule has 1 rings (SSSR count). The van der Waals surface area contributed by atoms with Gasteiger partial charge in [-0.2, -0.15) is 0 Å². The minimum absolute atomic E-state index is 0.0535. The topological polar surface area (TPSA) is 44.5 Å². The maximum Gasteiger partial charge on any atom is 0.106 e. The third-order valence-electron chi connectivity index (χ3n) is 2.60. The van der Waals surface area contributed by atoms with Crippen molar-refractivity contribution >= 4 is 0 Å². The van der Waals surface area contributed by atoms with Crippen molar-refractivity contribution in [3.05, 3.63) is 0 Å². The van der Waals surface area contributed by atoms with Crippen LogP contribution in [0, 0.1) is 0 Å². The highest BCUT2D eigenvalue weighted by Gasteiger charge is 2.36. The zero-order chi connectivity index (χ0) is 9.03. The van der Waals surface area contributed by atoms with Gasteiger partial charge in [0.2, 0.25) is 0 Å². The van der Waals surface area contributed by atoms with Gasteiger partial charge in [0.25, 0.3) is 0 Å². The molecule has 12 heavy (non-hydrogen) atoms. The summed E-state index contributed by atoms with van der Waals surface area (Å²) in [4.78, 5) is 0. The van der Waals surface area contributed by atoms with E-state index in [1.807, 2.05) is 6.92 Å². The van der Waals surface area contributed by atoms with Crippen LogP contribution in [0.2, 0.25) is 0 Å². The zero-order valence-electron chi connectivity index (χ0n) is 8.01. The van der Waals surface area contributed by atoms with E-state index in [1.54, 1.807) is 7.11 Å². The minimum atomic E-state index is -0.215. The zero-order valence-corrected chi connectivity index (χ0v) is 8.01. The molecule has 0 aromatic carbocycles. The van der Waals surface area contributed by atoms with E-state index in [-0.39, 0.29) is 11.6 Å². The Hall–Kier alpha value is -0.120. The van der Waals surface area contributed by atoms with Crippen molar-refractivity contribution in [2.45, 2.75) is 37.8 Å². The summed E-state index contributed by atoms with van der Waals surface area (Å²) in [7, 11) is 1.70. The monoisotopic (exact) mass is 173 g/mol. The highest BCUT2D eigenvalue weighted by molar-refractivity contribution is 4.90. The second-order valence-corrected chi connectivity index (χ2v) is 3.59. The largest absolute Gasteiger partial charge is 0.382 e. The number of methoxy groups -OCH3 is 1. The average Bonchev–Trinajstić information content (AvgIpc) is 2.06. The van der Waals surface area contributed by atoms with Crippen LogP contribution < -0.4 is 5.73 Å². The molecule has 1 heterocycles. The normalized spacial score (nSPS) is 33.2. The summed E-state index contributed by atoms with van der Waals surface area (Å²) in [5.41, 5.74) is 5.67. The Labute approximate surface area is 74.2 Å². The average molecular weight is 173 g/mol. The molecule has 1 aliphatic rings. The standard InChI is InChI=1S/C9H19NO2/c1-8(10)9(7-11-2)5-3-4-6-12-9/h8H,3-7,10H2,1-2H3. The van der Waals surface area contributed by atoms with Gasteiger partial charge in [-0.1, -0.05) is 0 Å². The SMILES string of the molecule is COCC1(C(C)N)CCCCO1. The van der Waals surface area contributed by atoms with Gasteiger partial charge in [0, 0.05) is 19.8 Å². The van der Waals surface area contributed by atoms with Crippen LogP contribution in [0.4, 0.5) is 0 Å². The molecule has 72 valence electrons. The number of ether oxygens (including phenoxy) is 2. The molecule has 0 aliphatic carbocycles. The summed E-state index contributed by atoms with van der Waals surface area (Å²) in [6.07, 6.45) is 3.38. The first-order chi connectivity index (χ1) is 5.71. The van der Waals surface area contributed by atoms with Gasteiger partial charge in [-0.25, -0.2) is 0 Å². The molecule has 0 spiro atoms. The summed E-state index contributed by atoms with van der Waals surface area (Å²) < 4.78 is 10.9. The lowest BCUT2D eigenvalue weighted by Crippen LogP contribution is -2.53. The molecule has 0 aromatic heterocycles. The van der Waals surface area contributed by atoms with E-state index in [4.69, 9.17) is 15.2 Å². The first-order valence-electron chi connectivity index (χ1n) is 4.60. The molecule has 2 atom stereocenters. The molecule has 1 aliphatic heterocycles. The van der Waals surface area contributed by atoms with E-state index >= 15 is 0 Å². The maximum absolute atomic E-state index is 5.88. The second-order valence-electron chi connectivity index (χ2n) is 3.59. The van der Waals surface area contributed by atoms with Crippen molar-refractivity contribution in [2.75, 3.05) is 20.3 Å². The molecule has 2 N–H and O–H groups in total.